The van der Waals surface area contributed by atoms with Crippen LogP contribution in [0.4, 0.5) is 0 Å². The van der Waals surface area contributed by atoms with E-state index in [1.54, 1.807) is 0 Å². The van der Waals surface area contributed by atoms with Crippen molar-refractivity contribution in [2.75, 3.05) is 0 Å². The Morgan fingerprint density at radius 2 is 1.08 bits per heavy atom. The zero-order chi connectivity index (χ0) is 53.3. The van der Waals surface area contributed by atoms with Gasteiger partial charge in [0.25, 0.3) is 0 Å². The van der Waals surface area contributed by atoms with Crippen molar-refractivity contribution in [2.24, 2.45) is 9.98 Å². The van der Waals surface area contributed by atoms with Crippen molar-refractivity contribution in [2.45, 2.75) is 59.8 Å². The molecule has 0 radical (unpaired) electrons. The minimum absolute atomic E-state index is 0.107. The number of aryl methyl sites for hydroxylation is 4. The van der Waals surface area contributed by atoms with Crippen LogP contribution in [-0.4, -0.2) is 31.1 Å². The monoisotopic (exact) mass is 1010 g/mol. The Kier molecular flexibility index (Phi) is 13.5. The van der Waals surface area contributed by atoms with E-state index in [9.17, 15) is 0 Å². The normalized spacial score (nSPS) is 14.6. The Hall–Kier alpha value is -9.39. The Balaban J connectivity index is 0.948. The van der Waals surface area contributed by atoms with E-state index in [2.05, 4.69) is 209 Å². The summed E-state index contributed by atoms with van der Waals surface area (Å²) in [6, 6.07) is 62.8. The van der Waals surface area contributed by atoms with Gasteiger partial charge in [0.15, 0.2) is 17.5 Å². The van der Waals surface area contributed by atoms with Gasteiger partial charge in [0.2, 0.25) is 0 Å². The van der Waals surface area contributed by atoms with Crippen LogP contribution in [0.2, 0.25) is 0 Å². The second-order valence-electron chi connectivity index (χ2n) is 20.6. The summed E-state index contributed by atoms with van der Waals surface area (Å²) < 4.78 is 2.45. The Bertz CT molecular complexity index is 4100. The number of fused-ring (bicyclic) bond motifs is 3. The summed E-state index contributed by atoms with van der Waals surface area (Å²) >= 11 is 0. The van der Waals surface area contributed by atoms with Gasteiger partial charge in [-0.3, -0.25) is 0 Å². The third-order valence-electron chi connectivity index (χ3n) is 15.2. The van der Waals surface area contributed by atoms with Gasteiger partial charge in [-0.15, -0.1) is 0 Å². The van der Waals surface area contributed by atoms with E-state index in [-0.39, 0.29) is 5.92 Å². The number of benzene rings is 8. The minimum atomic E-state index is 0.107. The van der Waals surface area contributed by atoms with Gasteiger partial charge in [0.05, 0.1) is 16.7 Å². The van der Waals surface area contributed by atoms with Crippen LogP contribution < -0.4 is 0 Å². The summed E-state index contributed by atoms with van der Waals surface area (Å²) in [5.74, 6) is 3.03. The molecule has 0 N–H and O–H groups in total. The highest BCUT2D eigenvalue weighted by Gasteiger charge is 2.22. The summed E-state index contributed by atoms with van der Waals surface area (Å²) in [6.45, 7) is 15.4. The minimum Gasteiger partial charge on any atom is -0.309 e. The Morgan fingerprint density at radius 1 is 0.513 bits per heavy atom. The van der Waals surface area contributed by atoms with E-state index in [1.165, 1.54) is 44.2 Å². The van der Waals surface area contributed by atoms with Crippen LogP contribution in [-0.2, 0) is 0 Å². The average molecular weight is 1010 g/mol. The first-order valence-electron chi connectivity index (χ1n) is 27.0. The number of aliphatic imine (C=N–C) groups is 2. The van der Waals surface area contributed by atoms with Gasteiger partial charge in [-0.05, 0) is 169 Å². The highest BCUT2D eigenvalue weighted by Crippen LogP contribution is 2.41. The van der Waals surface area contributed by atoms with Crippen molar-refractivity contribution in [1.29, 1.82) is 0 Å². The Morgan fingerprint density at radius 3 is 1.67 bits per heavy atom. The lowest BCUT2D eigenvalue weighted by Crippen LogP contribution is -2.10. The fourth-order valence-corrected chi connectivity index (χ4v) is 11.4. The van der Waals surface area contributed by atoms with E-state index in [0.717, 1.165) is 103 Å². The van der Waals surface area contributed by atoms with Crippen LogP contribution in [0.5, 0.6) is 0 Å². The molecule has 0 amide bonds. The maximum atomic E-state index is 5.16. The van der Waals surface area contributed by atoms with Crippen molar-refractivity contribution in [1.82, 2.24) is 19.5 Å². The fourth-order valence-electron chi connectivity index (χ4n) is 11.4. The summed E-state index contributed by atoms with van der Waals surface area (Å²) in [6.07, 6.45) is 17.8. The van der Waals surface area contributed by atoms with Crippen LogP contribution in [0, 0.1) is 27.7 Å². The standard InChI is InChI=1S/C72H60N6/c1-46-40-60(51(6)74-69(55-26-16-9-17-27-55)73-50(5)52-22-12-7-13-23-52)41-47(2)67(46)58-34-38-63-64-39-35-59(45-66(64)78(65(63)44-58)62-36-32-54(33-37-62)53-24-14-8-15-25-53)68-48(3)42-61(43-49(68)4)72-76-70(56-28-18-10-19-29-56)75-71(77-72)57-30-20-11-21-31-57/h7-20,22-28,30,32-45,56H,6,21,29,31H2,1-5H3. The second kappa shape index (κ2) is 21.3. The van der Waals surface area contributed by atoms with Gasteiger partial charge in [0, 0.05) is 44.8 Å². The van der Waals surface area contributed by atoms with E-state index < -0.39 is 0 Å². The molecule has 2 aliphatic carbocycles. The first kappa shape index (κ1) is 49.5. The summed E-state index contributed by atoms with van der Waals surface area (Å²) in [5, 5.41) is 2.39. The van der Waals surface area contributed by atoms with Crippen molar-refractivity contribution >= 4 is 44.6 Å². The highest BCUT2D eigenvalue weighted by atomic mass is 15.0. The third kappa shape index (κ3) is 9.85. The molecule has 2 heterocycles. The number of allylic oxidation sites excluding steroid dienone is 8. The van der Waals surface area contributed by atoms with Crippen molar-refractivity contribution in [3.05, 3.63) is 276 Å². The highest BCUT2D eigenvalue weighted by molar-refractivity contribution is 6.13. The molecule has 0 aliphatic heterocycles. The average Bonchev–Trinajstić information content (AvgIpc) is 3.80. The number of amidine groups is 1. The van der Waals surface area contributed by atoms with Crippen molar-refractivity contribution < 1.29 is 0 Å². The van der Waals surface area contributed by atoms with Gasteiger partial charge < -0.3 is 4.57 Å². The van der Waals surface area contributed by atoms with E-state index >= 15 is 0 Å². The molecule has 0 fully saturated rings. The van der Waals surface area contributed by atoms with Crippen molar-refractivity contribution in [3.8, 4) is 50.5 Å². The number of rotatable bonds is 11. The van der Waals surface area contributed by atoms with Crippen LogP contribution in [0.1, 0.15) is 82.7 Å². The molecular weight excluding hydrogens is 949 g/mol. The van der Waals surface area contributed by atoms with Gasteiger partial charge >= 0.3 is 0 Å². The quantitative estimate of drug-likeness (QED) is 0.0958. The van der Waals surface area contributed by atoms with Crippen molar-refractivity contribution in [3.63, 3.8) is 0 Å². The molecule has 1 atom stereocenters. The molecular formula is C72H60N6. The molecule has 8 aromatic carbocycles. The topological polar surface area (TPSA) is 68.3 Å². The van der Waals surface area contributed by atoms with Crippen LogP contribution in [0.15, 0.2) is 235 Å². The van der Waals surface area contributed by atoms with E-state index in [0.29, 0.717) is 17.4 Å². The molecule has 1 unspecified atom stereocenters. The maximum absolute atomic E-state index is 5.16. The number of hydrogen-bond donors (Lipinski definition) is 0. The zero-order valence-electron chi connectivity index (χ0n) is 44.9. The van der Waals surface area contributed by atoms with E-state index in [1.807, 2.05) is 55.5 Å². The molecule has 0 bridgehead atoms. The number of nitrogens with zero attached hydrogens (tertiary/aromatic N) is 6. The number of hydrogen-bond acceptors (Lipinski definition) is 4. The van der Waals surface area contributed by atoms with Crippen LogP contribution in [0.3, 0.4) is 0 Å². The van der Waals surface area contributed by atoms with Gasteiger partial charge in [-0.2, -0.15) is 0 Å². The van der Waals surface area contributed by atoms with Gasteiger partial charge in [0.1, 0.15) is 5.82 Å². The lowest BCUT2D eigenvalue weighted by Gasteiger charge is -2.17. The number of aromatic nitrogens is 4. The maximum Gasteiger partial charge on any atom is 0.163 e. The molecule has 6 heteroatoms. The molecule has 6 nitrogen and oxygen atoms in total. The molecule has 78 heavy (non-hydrogen) atoms. The zero-order valence-corrected chi connectivity index (χ0v) is 44.9. The molecule has 10 aromatic rings. The second-order valence-corrected chi connectivity index (χ2v) is 20.6. The molecule has 0 spiro atoms. The third-order valence-corrected chi connectivity index (χ3v) is 15.2. The summed E-state index contributed by atoms with van der Waals surface area (Å²) in [7, 11) is 0. The smallest absolute Gasteiger partial charge is 0.163 e. The SMILES string of the molecule is C=C(N=C(N=C(C)c1ccccc1)c1ccccc1)c1cc(C)c(-c2ccc3c4ccc(-c5c(C)cc(-c6nc(C7=CC=CCC7)nc(C7C=CC=CC7)n6)cc5C)cc4n(-c4ccc(-c5ccccc5)cc4)c3c2)c(C)c1. The van der Waals surface area contributed by atoms with Gasteiger partial charge in [-0.25, -0.2) is 24.9 Å². The van der Waals surface area contributed by atoms with Crippen LogP contribution in [0.25, 0.3) is 83.5 Å². The molecule has 2 aliphatic rings. The molecule has 0 saturated heterocycles. The predicted molar refractivity (Wildman–Crippen MR) is 328 cm³/mol. The Labute approximate surface area is 457 Å². The first-order valence-corrected chi connectivity index (χ1v) is 27.0. The fraction of sp³-hybridized carbons (Fsp3) is 0.125. The van der Waals surface area contributed by atoms with E-state index in [4.69, 9.17) is 24.9 Å². The molecule has 378 valence electrons. The molecule has 0 saturated carbocycles. The van der Waals surface area contributed by atoms with Gasteiger partial charge in [-0.1, -0.05) is 177 Å². The van der Waals surface area contributed by atoms with Crippen LogP contribution >= 0.6 is 0 Å². The lowest BCUT2D eigenvalue weighted by molar-refractivity contribution is 0.754. The summed E-state index contributed by atoms with van der Waals surface area (Å²) in [5.41, 5.74) is 21.7. The lowest BCUT2D eigenvalue weighted by atomic mass is 9.92. The molecule has 2 aromatic heterocycles. The summed E-state index contributed by atoms with van der Waals surface area (Å²) in [4.78, 5) is 25.6. The molecule has 12 rings (SSSR count). The first-order chi connectivity index (χ1) is 38.1. The largest absolute Gasteiger partial charge is 0.309 e. The predicted octanol–water partition coefficient (Wildman–Crippen LogP) is 18.1.